The zero-order valence-electron chi connectivity index (χ0n) is 16.2. The number of hydrogen-bond donors (Lipinski definition) is 2. The number of amides is 2. The van der Waals surface area contributed by atoms with Gasteiger partial charge in [0, 0.05) is 12.6 Å². The number of nitrogens with one attached hydrogen (secondary N) is 2. The molecule has 4 nitrogen and oxygen atoms in total. The molecule has 2 amide bonds. The average molecular weight is 385 g/mol. The maximum Gasteiger partial charge on any atom is 0.235 e. The molecule has 0 aliphatic heterocycles. The van der Waals surface area contributed by atoms with Gasteiger partial charge in [0.25, 0.3) is 0 Å². The first-order valence-electron chi connectivity index (χ1n) is 9.11. The average Bonchev–Trinajstić information content (AvgIpc) is 3.39. The van der Waals surface area contributed by atoms with Crippen LogP contribution in [0.25, 0.3) is 0 Å². The molecule has 1 aliphatic carbocycles. The summed E-state index contributed by atoms with van der Waals surface area (Å²) in [6, 6.07) is 13.4. The third-order valence-electron chi connectivity index (χ3n) is 5.02. The molecule has 0 radical (unpaired) electrons. The van der Waals surface area contributed by atoms with Gasteiger partial charge in [-0.1, -0.05) is 56.6 Å². The van der Waals surface area contributed by atoms with Crippen molar-refractivity contribution in [2.75, 3.05) is 10.6 Å². The maximum absolute atomic E-state index is 13.0. The van der Waals surface area contributed by atoms with Crippen molar-refractivity contribution in [2.45, 2.75) is 51.4 Å². The van der Waals surface area contributed by atoms with E-state index in [1.807, 2.05) is 0 Å². The molecule has 27 heavy (non-hydrogen) atoms. The molecule has 0 aromatic heterocycles. The summed E-state index contributed by atoms with van der Waals surface area (Å²) >= 11 is 6.24. The first-order valence-corrected chi connectivity index (χ1v) is 9.49. The summed E-state index contributed by atoms with van der Waals surface area (Å²) in [7, 11) is 0. The number of rotatable bonds is 4. The van der Waals surface area contributed by atoms with E-state index in [1.54, 1.807) is 18.2 Å². The highest BCUT2D eigenvalue weighted by Crippen LogP contribution is 2.49. The molecule has 3 rings (SSSR count). The van der Waals surface area contributed by atoms with E-state index in [0.29, 0.717) is 16.4 Å². The Labute approximate surface area is 165 Å². The van der Waals surface area contributed by atoms with E-state index in [4.69, 9.17) is 11.6 Å². The molecule has 1 fully saturated rings. The Kier molecular flexibility index (Phi) is 5.04. The number of carbonyl (C=O) groups excluding carboxylic acids is 2. The van der Waals surface area contributed by atoms with E-state index in [1.165, 1.54) is 12.5 Å². The van der Waals surface area contributed by atoms with Crippen LogP contribution in [-0.4, -0.2) is 11.8 Å². The largest absolute Gasteiger partial charge is 0.326 e. The minimum absolute atomic E-state index is 0.0621. The summed E-state index contributed by atoms with van der Waals surface area (Å²) in [6.45, 7) is 7.95. The topological polar surface area (TPSA) is 58.2 Å². The molecule has 142 valence electrons. The van der Waals surface area contributed by atoms with E-state index in [0.717, 1.165) is 18.4 Å². The molecule has 0 heterocycles. The van der Waals surface area contributed by atoms with Gasteiger partial charge in [0.2, 0.25) is 11.8 Å². The van der Waals surface area contributed by atoms with E-state index in [9.17, 15) is 9.59 Å². The molecular weight excluding hydrogens is 360 g/mol. The van der Waals surface area contributed by atoms with Crippen molar-refractivity contribution in [1.82, 2.24) is 0 Å². The van der Waals surface area contributed by atoms with E-state index in [2.05, 4.69) is 55.7 Å². The van der Waals surface area contributed by atoms with Gasteiger partial charge in [0.15, 0.2) is 0 Å². The highest BCUT2D eigenvalue weighted by Gasteiger charge is 2.51. The fourth-order valence-corrected chi connectivity index (χ4v) is 3.37. The summed E-state index contributed by atoms with van der Waals surface area (Å²) in [5.41, 5.74) is 2.96. The summed E-state index contributed by atoms with van der Waals surface area (Å²) in [5.74, 6) is -0.236. The number of anilines is 2. The Bertz CT molecular complexity index is 878. The molecule has 0 bridgehead atoms. The Morgan fingerprint density at radius 2 is 1.63 bits per heavy atom. The van der Waals surface area contributed by atoms with Gasteiger partial charge in [0.05, 0.1) is 16.1 Å². The standard InChI is InChI=1S/C22H25ClN2O2/c1-14(26)24-17-9-10-18(23)19(13-17)25-20(27)22(11-12-22)16-7-5-15(6-8-16)21(2,3)4/h5-10,13H,11-12H2,1-4H3,(H,24,26)(H,25,27). The minimum Gasteiger partial charge on any atom is -0.326 e. The van der Waals surface area contributed by atoms with Gasteiger partial charge in [-0.15, -0.1) is 0 Å². The normalized spacial score (nSPS) is 15.1. The zero-order valence-corrected chi connectivity index (χ0v) is 16.9. The van der Waals surface area contributed by atoms with Gasteiger partial charge in [-0.3, -0.25) is 9.59 Å². The van der Waals surface area contributed by atoms with Crippen LogP contribution in [0.5, 0.6) is 0 Å². The molecule has 0 unspecified atom stereocenters. The number of hydrogen-bond acceptors (Lipinski definition) is 2. The quantitative estimate of drug-likeness (QED) is 0.754. The molecular formula is C22H25ClN2O2. The molecule has 1 aliphatic rings. The van der Waals surface area contributed by atoms with Crippen LogP contribution in [0, 0.1) is 0 Å². The molecule has 0 spiro atoms. The van der Waals surface area contributed by atoms with E-state index in [-0.39, 0.29) is 17.2 Å². The molecule has 2 N–H and O–H groups in total. The lowest BCUT2D eigenvalue weighted by Crippen LogP contribution is -2.28. The second-order valence-electron chi connectivity index (χ2n) is 8.24. The van der Waals surface area contributed by atoms with Gasteiger partial charge in [-0.25, -0.2) is 0 Å². The second kappa shape index (κ2) is 7.01. The Hall–Kier alpha value is -2.33. The van der Waals surface area contributed by atoms with Gasteiger partial charge < -0.3 is 10.6 Å². The molecule has 1 saturated carbocycles. The lowest BCUT2D eigenvalue weighted by atomic mass is 9.85. The van der Waals surface area contributed by atoms with Crippen LogP contribution >= 0.6 is 11.6 Å². The second-order valence-corrected chi connectivity index (χ2v) is 8.65. The van der Waals surface area contributed by atoms with E-state index >= 15 is 0 Å². The van der Waals surface area contributed by atoms with Crippen molar-refractivity contribution in [3.8, 4) is 0 Å². The smallest absolute Gasteiger partial charge is 0.235 e. The van der Waals surface area contributed by atoms with Crippen LogP contribution in [-0.2, 0) is 20.4 Å². The van der Waals surface area contributed by atoms with Gasteiger partial charge in [0.1, 0.15) is 0 Å². The SMILES string of the molecule is CC(=O)Nc1ccc(Cl)c(NC(=O)C2(c3ccc(C(C)(C)C)cc3)CC2)c1. The van der Waals surface area contributed by atoms with Crippen molar-refractivity contribution in [3.05, 3.63) is 58.6 Å². The van der Waals surface area contributed by atoms with Crippen LogP contribution in [0.2, 0.25) is 5.02 Å². The van der Waals surface area contributed by atoms with Crippen LogP contribution in [0.1, 0.15) is 51.7 Å². The van der Waals surface area contributed by atoms with Crippen LogP contribution in [0.3, 0.4) is 0 Å². The highest BCUT2D eigenvalue weighted by molar-refractivity contribution is 6.34. The lowest BCUT2D eigenvalue weighted by molar-refractivity contribution is -0.118. The predicted octanol–water partition coefficient (Wildman–Crippen LogP) is 5.27. The summed E-state index contributed by atoms with van der Waals surface area (Å²) in [6.07, 6.45) is 1.63. The minimum atomic E-state index is -0.496. The third-order valence-corrected chi connectivity index (χ3v) is 5.35. The summed E-state index contributed by atoms with van der Waals surface area (Å²) in [4.78, 5) is 24.3. The number of benzene rings is 2. The molecule has 2 aromatic rings. The number of carbonyl (C=O) groups is 2. The Balaban J connectivity index is 1.81. The molecule has 2 aromatic carbocycles. The molecule has 0 saturated heterocycles. The Morgan fingerprint density at radius 3 is 2.15 bits per heavy atom. The lowest BCUT2D eigenvalue weighted by Gasteiger charge is -2.21. The maximum atomic E-state index is 13.0. The van der Waals surface area contributed by atoms with Crippen LogP contribution < -0.4 is 10.6 Å². The number of halogens is 1. The zero-order chi connectivity index (χ0) is 19.8. The fourth-order valence-electron chi connectivity index (χ4n) is 3.21. The van der Waals surface area contributed by atoms with Gasteiger partial charge in [-0.2, -0.15) is 0 Å². The van der Waals surface area contributed by atoms with Crippen LogP contribution in [0.4, 0.5) is 11.4 Å². The van der Waals surface area contributed by atoms with Gasteiger partial charge >= 0.3 is 0 Å². The molecule has 5 heteroatoms. The van der Waals surface area contributed by atoms with E-state index < -0.39 is 5.41 Å². The van der Waals surface area contributed by atoms with Crippen molar-refractivity contribution < 1.29 is 9.59 Å². The molecule has 0 atom stereocenters. The highest BCUT2D eigenvalue weighted by atomic mass is 35.5. The first-order chi connectivity index (χ1) is 12.6. The van der Waals surface area contributed by atoms with Crippen molar-refractivity contribution in [1.29, 1.82) is 0 Å². The first kappa shape index (κ1) is 19.4. The monoisotopic (exact) mass is 384 g/mol. The predicted molar refractivity (Wildman–Crippen MR) is 110 cm³/mol. The third kappa shape index (κ3) is 4.16. The van der Waals surface area contributed by atoms with Crippen molar-refractivity contribution in [3.63, 3.8) is 0 Å². The van der Waals surface area contributed by atoms with Crippen molar-refractivity contribution >= 4 is 34.8 Å². The van der Waals surface area contributed by atoms with Crippen molar-refractivity contribution in [2.24, 2.45) is 0 Å². The Morgan fingerprint density at radius 1 is 1.00 bits per heavy atom. The van der Waals surface area contributed by atoms with Gasteiger partial charge in [-0.05, 0) is 47.6 Å². The summed E-state index contributed by atoms with van der Waals surface area (Å²) in [5, 5.41) is 6.09. The van der Waals surface area contributed by atoms with Crippen LogP contribution in [0.15, 0.2) is 42.5 Å². The summed E-state index contributed by atoms with van der Waals surface area (Å²) < 4.78 is 0. The fraction of sp³-hybridized carbons (Fsp3) is 0.364.